The van der Waals surface area contributed by atoms with Crippen molar-refractivity contribution in [1.29, 1.82) is 0 Å². The van der Waals surface area contributed by atoms with Gasteiger partial charge in [0, 0.05) is 39.3 Å². The van der Waals surface area contributed by atoms with Crippen LogP contribution in [-0.2, 0) is 22.7 Å². The molecule has 6 heteroatoms. The summed E-state index contributed by atoms with van der Waals surface area (Å²) >= 11 is 0. The Morgan fingerprint density at radius 1 is 1.18 bits per heavy atom. The average Bonchev–Trinajstić information content (AvgIpc) is 3.17. The van der Waals surface area contributed by atoms with Crippen LogP contribution in [0.1, 0.15) is 44.2 Å². The Labute approximate surface area is 168 Å². The van der Waals surface area contributed by atoms with Crippen molar-refractivity contribution in [1.82, 2.24) is 20.0 Å². The lowest BCUT2D eigenvalue weighted by Gasteiger charge is -2.38. The summed E-state index contributed by atoms with van der Waals surface area (Å²) in [5.74, 6) is -0.0141. The largest absolute Gasteiger partial charge is 0.353 e. The molecule has 1 aromatic carbocycles. The molecule has 154 valence electrons. The van der Waals surface area contributed by atoms with E-state index in [4.69, 9.17) is 0 Å². The molecule has 1 aromatic rings. The minimum atomic E-state index is -0.372. The minimum Gasteiger partial charge on any atom is -0.353 e. The molecule has 2 heterocycles. The standard InChI is InChI=1S/C22H34N4O2/c1-17(2)26-13-10-23-22(28)20(26)14-21(27)24(3)15-18-8-4-5-9-19(18)16-25-11-6-7-12-25/h4-5,8-9,17,20H,6-7,10-16H2,1-3H3,(H,23,28). The summed E-state index contributed by atoms with van der Waals surface area (Å²) in [6, 6.07) is 8.27. The van der Waals surface area contributed by atoms with Gasteiger partial charge in [0.2, 0.25) is 11.8 Å². The van der Waals surface area contributed by atoms with Crippen LogP contribution in [0.15, 0.2) is 24.3 Å². The highest BCUT2D eigenvalue weighted by atomic mass is 16.2. The summed E-state index contributed by atoms with van der Waals surface area (Å²) in [5, 5.41) is 2.90. The van der Waals surface area contributed by atoms with Gasteiger partial charge < -0.3 is 10.2 Å². The van der Waals surface area contributed by atoms with Crippen molar-refractivity contribution in [2.24, 2.45) is 0 Å². The molecule has 28 heavy (non-hydrogen) atoms. The SMILES string of the molecule is CC(C)N1CCNC(=O)C1CC(=O)N(C)Cc1ccccc1CN1CCCC1. The predicted molar refractivity (Wildman–Crippen MR) is 111 cm³/mol. The van der Waals surface area contributed by atoms with Crippen molar-refractivity contribution in [2.75, 3.05) is 33.2 Å². The van der Waals surface area contributed by atoms with Gasteiger partial charge in [0.05, 0.1) is 12.5 Å². The van der Waals surface area contributed by atoms with Crippen molar-refractivity contribution < 1.29 is 9.59 Å². The van der Waals surface area contributed by atoms with Crippen LogP contribution < -0.4 is 5.32 Å². The van der Waals surface area contributed by atoms with E-state index in [1.165, 1.54) is 24.0 Å². The average molecular weight is 387 g/mol. The maximum atomic E-state index is 12.9. The Hall–Kier alpha value is -1.92. The zero-order chi connectivity index (χ0) is 20.1. The number of hydrogen-bond acceptors (Lipinski definition) is 4. The number of carbonyl (C=O) groups excluding carboxylic acids is 2. The molecule has 0 aliphatic carbocycles. The quantitative estimate of drug-likeness (QED) is 0.777. The summed E-state index contributed by atoms with van der Waals surface area (Å²) in [7, 11) is 1.84. The fourth-order valence-corrected chi connectivity index (χ4v) is 4.27. The molecule has 2 amide bonds. The first-order valence-electron chi connectivity index (χ1n) is 10.5. The van der Waals surface area contributed by atoms with Crippen LogP contribution in [-0.4, -0.2) is 71.8 Å². The van der Waals surface area contributed by atoms with Gasteiger partial charge in [-0.05, 0) is 50.9 Å². The molecular weight excluding hydrogens is 352 g/mol. The number of amides is 2. The third-order valence-corrected chi connectivity index (χ3v) is 5.95. The minimum absolute atomic E-state index is 0.0173. The van der Waals surface area contributed by atoms with Gasteiger partial charge >= 0.3 is 0 Å². The van der Waals surface area contributed by atoms with Crippen molar-refractivity contribution in [3.05, 3.63) is 35.4 Å². The number of hydrogen-bond donors (Lipinski definition) is 1. The van der Waals surface area contributed by atoms with E-state index >= 15 is 0 Å². The summed E-state index contributed by atoms with van der Waals surface area (Å²) < 4.78 is 0. The van der Waals surface area contributed by atoms with Crippen LogP contribution in [0.4, 0.5) is 0 Å². The van der Waals surface area contributed by atoms with Gasteiger partial charge in [-0.2, -0.15) is 0 Å². The molecule has 0 aromatic heterocycles. The maximum Gasteiger partial charge on any atom is 0.237 e. The van der Waals surface area contributed by atoms with Crippen LogP contribution in [0, 0.1) is 0 Å². The van der Waals surface area contributed by atoms with Gasteiger partial charge in [-0.15, -0.1) is 0 Å². The van der Waals surface area contributed by atoms with E-state index in [-0.39, 0.29) is 30.3 Å². The first-order valence-corrected chi connectivity index (χ1v) is 10.5. The van der Waals surface area contributed by atoms with Gasteiger partial charge in [-0.25, -0.2) is 0 Å². The smallest absolute Gasteiger partial charge is 0.237 e. The number of benzene rings is 1. The second-order valence-electron chi connectivity index (χ2n) is 8.34. The molecule has 2 aliphatic heterocycles. The van der Waals surface area contributed by atoms with Crippen molar-refractivity contribution in [3.8, 4) is 0 Å². The molecule has 3 rings (SSSR count). The number of nitrogens with zero attached hydrogens (tertiary/aromatic N) is 3. The van der Waals surface area contributed by atoms with Crippen LogP contribution in [0.5, 0.6) is 0 Å². The molecule has 2 saturated heterocycles. The Morgan fingerprint density at radius 2 is 1.86 bits per heavy atom. The highest BCUT2D eigenvalue weighted by Crippen LogP contribution is 2.19. The van der Waals surface area contributed by atoms with E-state index in [1.54, 1.807) is 4.90 Å². The van der Waals surface area contributed by atoms with E-state index in [1.807, 2.05) is 13.1 Å². The number of nitrogens with one attached hydrogen (secondary N) is 1. The second kappa shape index (κ2) is 9.52. The molecule has 1 N–H and O–H groups in total. The molecule has 0 spiro atoms. The van der Waals surface area contributed by atoms with E-state index in [0.717, 1.165) is 26.2 Å². The van der Waals surface area contributed by atoms with Gasteiger partial charge in [0.15, 0.2) is 0 Å². The van der Waals surface area contributed by atoms with E-state index in [0.29, 0.717) is 13.1 Å². The first-order chi connectivity index (χ1) is 13.5. The number of piperazine rings is 1. The van der Waals surface area contributed by atoms with Crippen molar-refractivity contribution in [2.45, 2.75) is 58.3 Å². The monoisotopic (exact) mass is 386 g/mol. The normalized spacial score (nSPS) is 21.1. The van der Waals surface area contributed by atoms with Gasteiger partial charge in [-0.3, -0.25) is 19.4 Å². The lowest BCUT2D eigenvalue weighted by Crippen LogP contribution is -2.58. The van der Waals surface area contributed by atoms with Crippen molar-refractivity contribution >= 4 is 11.8 Å². The zero-order valence-electron chi connectivity index (χ0n) is 17.5. The highest BCUT2D eigenvalue weighted by molar-refractivity contribution is 5.88. The highest BCUT2D eigenvalue weighted by Gasteiger charge is 2.33. The Balaban J connectivity index is 1.63. The number of likely N-dealkylation sites (tertiary alicyclic amines) is 1. The third-order valence-electron chi connectivity index (χ3n) is 5.95. The molecule has 0 radical (unpaired) electrons. The lowest BCUT2D eigenvalue weighted by molar-refractivity contribution is -0.139. The predicted octanol–water partition coefficient (Wildman–Crippen LogP) is 1.84. The molecule has 1 atom stereocenters. The molecular formula is C22H34N4O2. The topological polar surface area (TPSA) is 55.9 Å². The van der Waals surface area contributed by atoms with Gasteiger partial charge in [0.1, 0.15) is 0 Å². The van der Waals surface area contributed by atoms with Crippen molar-refractivity contribution in [3.63, 3.8) is 0 Å². The van der Waals surface area contributed by atoms with Crippen LogP contribution >= 0.6 is 0 Å². The molecule has 2 aliphatic rings. The lowest BCUT2D eigenvalue weighted by atomic mass is 10.0. The van der Waals surface area contributed by atoms with E-state index < -0.39 is 0 Å². The third kappa shape index (κ3) is 5.11. The number of carbonyl (C=O) groups is 2. The fraction of sp³-hybridized carbons (Fsp3) is 0.636. The zero-order valence-corrected chi connectivity index (χ0v) is 17.5. The summed E-state index contributed by atoms with van der Waals surface area (Å²) in [6.45, 7) is 9.45. The van der Waals surface area contributed by atoms with E-state index in [2.05, 4.69) is 47.2 Å². The van der Waals surface area contributed by atoms with Gasteiger partial charge in [-0.1, -0.05) is 24.3 Å². The molecule has 6 nitrogen and oxygen atoms in total. The number of rotatable bonds is 7. The fourth-order valence-electron chi connectivity index (χ4n) is 4.27. The van der Waals surface area contributed by atoms with Crippen LogP contribution in [0.3, 0.4) is 0 Å². The van der Waals surface area contributed by atoms with Crippen LogP contribution in [0.2, 0.25) is 0 Å². The summed E-state index contributed by atoms with van der Waals surface area (Å²) in [6.07, 6.45) is 2.78. The van der Waals surface area contributed by atoms with Crippen LogP contribution in [0.25, 0.3) is 0 Å². The first kappa shape index (κ1) is 20.8. The Kier molecular flexibility index (Phi) is 7.08. The maximum absolute atomic E-state index is 12.9. The molecule has 1 unspecified atom stereocenters. The summed E-state index contributed by atoms with van der Waals surface area (Å²) in [4.78, 5) is 31.6. The van der Waals surface area contributed by atoms with E-state index in [9.17, 15) is 9.59 Å². The van der Waals surface area contributed by atoms with Gasteiger partial charge in [0.25, 0.3) is 0 Å². The molecule has 2 fully saturated rings. The Bertz CT molecular complexity index is 685. The second-order valence-corrected chi connectivity index (χ2v) is 8.34. The Morgan fingerprint density at radius 3 is 2.54 bits per heavy atom. The summed E-state index contributed by atoms with van der Waals surface area (Å²) in [5.41, 5.74) is 2.49. The molecule has 0 saturated carbocycles. The molecule has 0 bridgehead atoms.